The lowest BCUT2D eigenvalue weighted by Crippen LogP contribution is -2.45. The number of hydrogen-bond donors (Lipinski definition) is 2. The molecule has 0 aliphatic carbocycles. The van der Waals surface area contributed by atoms with Crippen LogP contribution in [0.1, 0.15) is 0 Å². The fourth-order valence-electron chi connectivity index (χ4n) is 0.661. The van der Waals surface area contributed by atoms with Crippen molar-refractivity contribution < 1.29 is 4.74 Å². The van der Waals surface area contributed by atoms with Gasteiger partial charge in [-0.2, -0.15) is 0 Å². The highest BCUT2D eigenvalue weighted by Crippen LogP contribution is 2.56. The molecule has 0 bridgehead atoms. The van der Waals surface area contributed by atoms with Gasteiger partial charge in [0.1, 0.15) is 0 Å². The standard InChI is InChI=1S/C5H13NOS3/c1-9-10(2,8)6-5-3-7-4-5/h5-6,8H,3-4H2,1-2H3. The average molecular weight is 199 g/mol. The predicted octanol–water partition coefficient (Wildman–Crippen LogP) is 1.45. The summed E-state index contributed by atoms with van der Waals surface area (Å²) in [6.07, 6.45) is 4.22. The van der Waals surface area contributed by atoms with Crippen LogP contribution < -0.4 is 4.72 Å². The van der Waals surface area contributed by atoms with Crippen molar-refractivity contribution in [3.63, 3.8) is 0 Å². The lowest BCUT2D eigenvalue weighted by atomic mass is 10.3. The highest BCUT2D eigenvalue weighted by atomic mass is 33.5. The van der Waals surface area contributed by atoms with Crippen LogP contribution in [0.25, 0.3) is 0 Å². The number of hydrogen-bond acceptors (Lipinski definition) is 4. The molecule has 2 nitrogen and oxygen atoms in total. The fourth-order valence-corrected chi connectivity index (χ4v) is 2.66. The van der Waals surface area contributed by atoms with E-state index in [9.17, 15) is 0 Å². The Kier molecular flexibility index (Phi) is 3.24. The van der Waals surface area contributed by atoms with Crippen molar-refractivity contribution in [1.29, 1.82) is 0 Å². The third-order valence-corrected chi connectivity index (χ3v) is 6.66. The van der Waals surface area contributed by atoms with E-state index in [4.69, 9.17) is 4.74 Å². The lowest BCUT2D eigenvalue weighted by Gasteiger charge is -2.37. The summed E-state index contributed by atoms with van der Waals surface area (Å²) >= 11 is 4.49. The zero-order chi connectivity index (χ0) is 7.61. The Labute approximate surface area is 72.1 Å². The predicted molar refractivity (Wildman–Crippen MR) is 53.8 cm³/mol. The SMILES string of the molecule is CSS(C)(S)NC1COC1. The molecular weight excluding hydrogens is 186 g/mol. The topological polar surface area (TPSA) is 21.3 Å². The zero-order valence-electron chi connectivity index (χ0n) is 6.16. The number of rotatable bonds is 3. The van der Waals surface area contributed by atoms with Crippen molar-refractivity contribution in [3.8, 4) is 0 Å². The van der Waals surface area contributed by atoms with Gasteiger partial charge in [-0.05, 0) is 12.5 Å². The molecule has 0 radical (unpaired) electrons. The van der Waals surface area contributed by atoms with Gasteiger partial charge in [-0.15, -0.1) is 11.7 Å². The summed E-state index contributed by atoms with van der Waals surface area (Å²) in [7, 11) is 0.887. The van der Waals surface area contributed by atoms with Crippen LogP contribution in [0, 0.1) is 0 Å². The molecule has 1 atom stereocenters. The van der Waals surface area contributed by atoms with Gasteiger partial charge in [0.05, 0.1) is 19.3 Å². The second-order valence-electron chi connectivity index (χ2n) is 2.32. The normalized spacial score (nSPS) is 28.7. The maximum absolute atomic E-state index is 5.03. The van der Waals surface area contributed by atoms with Gasteiger partial charge in [-0.3, -0.25) is 4.72 Å². The van der Waals surface area contributed by atoms with Crippen molar-refractivity contribution in [2.45, 2.75) is 6.04 Å². The molecule has 1 aliphatic heterocycles. The van der Waals surface area contributed by atoms with E-state index in [0.717, 1.165) is 13.2 Å². The van der Waals surface area contributed by atoms with E-state index < -0.39 is 8.28 Å². The van der Waals surface area contributed by atoms with Crippen LogP contribution in [0.2, 0.25) is 0 Å². The van der Waals surface area contributed by atoms with E-state index in [1.165, 1.54) is 0 Å². The Hall–Kier alpha value is 0.970. The molecule has 1 heterocycles. The first-order valence-electron chi connectivity index (χ1n) is 3.05. The molecule has 1 rings (SSSR count). The minimum Gasteiger partial charge on any atom is -0.378 e. The lowest BCUT2D eigenvalue weighted by molar-refractivity contribution is 0.00588. The largest absolute Gasteiger partial charge is 0.378 e. The molecule has 0 saturated carbocycles. The van der Waals surface area contributed by atoms with Crippen LogP contribution in [0.15, 0.2) is 0 Å². The Bertz CT molecular complexity index is 115. The summed E-state index contributed by atoms with van der Waals surface area (Å²) in [6, 6.07) is 0.546. The smallest absolute Gasteiger partial charge is 0.0651 e. The second-order valence-corrected chi connectivity index (χ2v) is 10.4. The van der Waals surface area contributed by atoms with Gasteiger partial charge in [0.15, 0.2) is 0 Å². The highest BCUT2D eigenvalue weighted by molar-refractivity contribution is 9.20. The summed E-state index contributed by atoms with van der Waals surface area (Å²) in [4.78, 5) is 0. The third kappa shape index (κ3) is 2.54. The third-order valence-electron chi connectivity index (χ3n) is 1.35. The van der Waals surface area contributed by atoms with Gasteiger partial charge in [0, 0.05) is 0 Å². The quantitative estimate of drug-likeness (QED) is 0.531. The van der Waals surface area contributed by atoms with Crippen LogP contribution >= 0.6 is 30.7 Å². The molecule has 10 heavy (non-hydrogen) atoms. The van der Waals surface area contributed by atoms with Crippen molar-refractivity contribution in [2.75, 3.05) is 25.7 Å². The van der Waals surface area contributed by atoms with Gasteiger partial charge in [-0.1, -0.05) is 19.1 Å². The summed E-state index contributed by atoms with van der Waals surface area (Å²) in [5.74, 6) is 0. The maximum atomic E-state index is 5.03. The van der Waals surface area contributed by atoms with E-state index >= 15 is 0 Å². The molecule has 0 aromatic heterocycles. The molecule has 1 fully saturated rings. The van der Waals surface area contributed by atoms with Crippen LogP contribution in [0.5, 0.6) is 0 Å². The molecule has 1 aliphatic rings. The van der Waals surface area contributed by atoms with E-state index in [-0.39, 0.29) is 0 Å². The Morgan fingerprint density at radius 2 is 2.30 bits per heavy atom. The minimum absolute atomic E-state index is 0.546. The minimum atomic E-state index is -0.898. The zero-order valence-corrected chi connectivity index (χ0v) is 8.69. The first-order valence-corrected chi connectivity index (χ1v) is 7.89. The van der Waals surface area contributed by atoms with Gasteiger partial charge in [0.2, 0.25) is 0 Å². The highest BCUT2D eigenvalue weighted by Gasteiger charge is 2.23. The molecule has 62 valence electrons. The van der Waals surface area contributed by atoms with Crippen molar-refractivity contribution in [2.24, 2.45) is 0 Å². The fraction of sp³-hybridized carbons (Fsp3) is 1.00. The van der Waals surface area contributed by atoms with E-state index in [0.29, 0.717) is 6.04 Å². The van der Waals surface area contributed by atoms with E-state index in [1.807, 2.05) is 0 Å². The first kappa shape index (κ1) is 9.06. The molecule has 1 unspecified atom stereocenters. The summed E-state index contributed by atoms with van der Waals surface area (Å²) in [5.41, 5.74) is 0. The van der Waals surface area contributed by atoms with Gasteiger partial charge in [0.25, 0.3) is 0 Å². The summed E-state index contributed by atoms with van der Waals surface area (Å²) in [5, 5.41) is 0. The molecule has 0 aromatic rings. The van der Waals surface area contributed by atoms with Crippen molar-refractivity contribution >= 4 is 30.7 Å². The number of thiol groups is 1. The van der Waals surface area contributed by atoms with Gasteiger partial charge < -0.3 is 4.74 Å². The molecule has 0 amide bonds. The molecule has 5 heteroatoms. The molecular formula is C5H13NOS3. The van der Waals surface area contributed by atoms with Crippen LogP contribution in [-0.4, -0.2) is 31.8 Å². The number of nitrogens with one attached hydrogen (secondary N) is 1. The molecule has 1 N–H and O–H groups in total. The van der Waals surface area contributed by atoms with Crippen LogP contribution in [0.4, 0.5) is 0 Å². The van der Waals surface area contributed by atoms with Crippen LogP contribution in [0.3, 0.4) is 0 Å². The Morgan fingerprint density at radius 1 is 1.70 bits per heavy atom. The van der Waals surface area contributed by atoms with Crippen LogP contribution in [-0.2, 0) is 4.74 Å². The Morgan fingerprint density at radius 3 is 2.60 bits per heavy atom. The van der Waals surface area contributed by atoms with Gasteiger partial charge >= 0.3 is 0 Å². The average Bonchev–Trinajstić information content (AvgIpc) is 1.80. The van der Waals surface area contributed by atoms with Gasteiger partial charge in [-0.25, -0.2) is 0 Å². The molecule has 0 spiro atoms. The summed E-state index contributed by atoms with van der Waals surface area (Å²) < 4.78 is 8.46. The molecule has 0 aromatic carbocycles. The Balaban J connectivity index is 2.21. The van der Waals surface area contributed by atoms with E-state index in [2.05, 4.69) is 28.9 Å². The van der Waals surface area contributed by atoms with Crippen molar-refractivity contribution in [1.82, 2.24) is 4.72 Å². The summed E-state index contributed by atoms with van der Waals surface area (Å²) in [6.45, 7) is 1.70. The molecule has 1 saturated heterocycles. The van der Waals surface area contributed by atoms with Crippen molar-refractivity contribution in [3.05, 3.63) is 0 Å². The second kappa shape index (κ2) is 3.58. The monoisotopic (exact) mass is 199 g/mol. The number of ether oxygens (including phenoxy) is 1. The van der Waals surface area contributed by atoms with E-state index in [1.54, 1.807) is 10.8 Å². The first-order chi connectivity index (χ1) is 4.64. The maximum Gasteiger partial charge on any atom is 0.0651 e.